The Morgan fingerprint density at radius 2 is 1.30 bits per heavy atom. The quantitative estimate of drug-likeness (QED) is 0.573. The summed E-state index contributed by atoms with van der Waals surface area (Å²) >= 11 is 0. The van der Waals surface area contributed by atoms with E-state index in [9.17, 15) is 0 Å². The average Bonchev–Trinajstić information content (AvgIpc) is 3.33. The lowest BCUT2D eigenvalue weighted by Gasteiger charge is -2.09. The molecule has 1 saturated carbocycles. The van der Waals surface area contributed by atoms with Crippen molar-refractivity contribution in [2.75, 3.05) is 0 Å². The summed E-state index contributed by atoms with van der Waals surface area (Å²) in [7, 11) is 0. The number of hydrogen-bond acceptors (Lipinski definition) is 0. The number of fused-ring (bicyclic) bond motifs is 1. The van der Waals surface area contributed by atoms with Gasteiger partial charge in [-0.05, 0) is 46.4 Å². The molecule has 0 N–H and O–H groups in total. The Bertz CT molecular complexity index is 788. The van der Waals surface area contributed by atoms with Crippen LogP contribution >= 0.6 is 0 Å². The molecule has 1 aliphatic carbocycles. The molecular formula is C20H16. The minimum atomic E-state index is 1.25. The normalized spacial score (nSPS) is 13.5. The van der Waals surface area contributed by atoms with Gasteiger partial charge in [0, 0.05) is 0 Å². The van der Waals surface area contributed by atoms with Crippen molar-refractivity contribution in [3.8, 4) is 0 Å². The summed E-state index contributed by atoms with van der Waals surface area (Å²) in [4.78, 5) is 0. The van der Waals surface area contributed by atoms with Crippen molar-refractivity contribution in [2.45, 2.75) is 12.8 Å². The van der Waals surface area contributed by atoms with Crippen LogP contribution in [0, 0.1) is 0 Å². The van der Waals surface area contributed by atoms with Gasteiger partial charge >= 0.3 is 0 Å². The van der Waals surface area contributed by atoms with Crippen molar-refractivity contribution >= 4 is 16.3 Å². The predicted molar refractivity (Wildman–Crippen MR) is 85.6 cm³/mol. The van der Waals surface area contributed by atoms with Crippen LogP contribution in [0.5, 0.6) is 0 Å². The van der Waals surface area contributed by atoms with E-state index in [4.69, 9.17) is 0 Å². The Morgan fingerprint density at radius 3 is 2.05 bits per heavy atom. The Kier molecular flexibility index (Phi) is 2.67. The molecule has 0 unspecified atom stereocenters. The van der Waals surface area contributed by atoms with Crippen molar-refractivity contribution in [2.24, 2.45) is 0 Å². The van der Waals surface area contributed by atoms with E-state index in [2.05, 4.69) is 72.8 Å². The number of benzene rings is 3. The molecule has 0 radical (unpaired) electrons. The molecule has 0 saturated heterocycles. The third kappa shape index (κ3) is 2.04. The predicted octanol–water partition coefficient (Wildman–Crippen LogP) is 5.44. The Hall–Kier alpha value is -2.34. The summed E-state index contributed by atoms with van der Waals surface area (Å²) < 4.78 is 0. The monoisotopic (exact) mass is 256 g/mol. The zero-order valence-electron chi connectivity index (χ0n) is 11.3. The van der Waals surface area contributed by atoms with E-state index in [0.717, 1.165) is 0 Å². The molecule has 0 heterocycles. The zero-order valence-corrected chi connectivity index (χ0v) is 11.3. The van der Waals surface area contributed by atoms with E-state index in [-0.39, 0.29) is 0 Å². The van der Waals surface area contributed by atoms with E-state index in [1.54, 1.807) is 5.57 Å². The first kappa shape index (κ1) is 11.5. The minimum absolute atomic E-state index is 1.25. The summed E-state index contributed by atoms with van der Waals surface area (Å²) in [5.41, 5.74) is 5.72. The van der Waals surface area contributed by atoms with E-state index < -0.39 is 0 Å². The molecule has 0 bridgehead atoms. The van der Waals surface area contributed by atoms with Gasteiger partial charge in [-0.2, -0.15) is 0 Å². The maximum atomic E-state index is 2.32. The molecule has 0 aromatic heterocycles. The molecule has 20 heavy (non-hydrogen) atoms. The van der Waals surface area contributed by atoms with Crippen LogP contribution in [0.2, 0.25) is 0 Å². The van der Waals surface area contributed by atoms with Crippen LogP contribution in [0.15, 0.2) is 78.4 Å². The largest absolute Gasteiger partial charge is 0.0622 e. The van der Waals surface area contributed by atoms with Gasteiger partial charge in [0.25, 0.3) is 0 Å². The van der Waals surface area contributed by atoms with E-state index >= 15 is 0 Å². The smallest absolute Gasteiger partial charge is 0.0119 e. The third-order valence-electron chi connectivity index (χ3n) is 3.95. The number of hydrogen-bond donors (Lipinski definition) is 0. The minimum Gasteiger partial charge on any atom is -0.0622 e. The van der Waals surface area contributed by atoms with Crippen molar-refractivity contribution in [3.63, 3.8) is 0 Å². The highest BCUT2D eigenvalue weighted by molar-refractivity contribution is 5.91. The molecule has 0 amide bonds. The lowest BCUT2D eigenvalue weighted by molar-refractivity contribution is 1.50. The summed E-state index contributed by atoms with van der Waals surface area (Å²) in [6.07, 6.45) is 2.49. The van der Waals surface area contributed by atoms with Crippen molar-refractivity contribution in [3.05, 3.63) is 89.5 Å². The number of rotatable bonds is 2. The lowest BCUT2D eigenvalue weighted by Crippen LogP contribution is -1.88. The molecule has 3 aromatic carbocycles. The van der Waals surface area contributed by atoms with Crippen LogP contribution < -0.4 is 0 Å². The highest BCUT2D eigenvalue weighted by atomic mass is 14.2. The van der Waals surface area contributed by atoms with Crippen LogP contribution in [0.3, 0.4) is 0 Å². The summed E-state index contributed by atoms with van der Waals surface area (Å²) in [5.74, 6) is 0. The van der Waals surface area contributed by atoms with Gasteiger partial charge in [-0.3, -0.25) is 0 Å². The number of allylic oxidation sites excluding steroid dienone is 1. The SMILES string of the molecule is c1ccc(C(=C2CC2)c2ccc3ccccc3c2)cc1. The molecule has 0 heteroatoms. The van der Waals surface area contributed by atoms with Crippen LogP contribution in [-0.4, -0.2) is 0 Å². The van der Waals surface area contributed by atoms with Gasteiger partial charge in [0.1, 0.15) is 0 Å². The van der Waals surface area contributed by atoms with Gasteiger partial charge in [-0.1, -0.05) is 72.3 Å². The van der Waals surface area contributed by atoms with E-state index in [1.807, 2.05) is 0 Å². The van der Waals surface area contributed by atoms with Crippen molar-refractivity contribution < 1.29 is 0 Å². The second kappa shape index (κ2) is 4.64. The maximum absolute atomic E-state index is 2.32. The molecule has 3 aromatic rings. The Morgan fingerprint density at radius 1 is 0.600 bits per heavy atom. The van der Waals surface area contributed by atoms with Crippen LogP contribution in [-0.2, 0) is 0 Å². The van der Waals surface area contributed by atoms with Crippen LogP contribution in [0.1, 0.15) is 24.0 Å². The van der Waals surface area contributed by atoms with Crippen molar-refractivity contribution in [1.82, 2.24) is 0 Å². The highest BCUT2D eigenvalue weighted by Crippen LogP contribution is 2.40. The molecule has 0 nitrogen and oxygen atoms in total. The first-order chi connectivity index (χ1) is 9.92. The third-order valence-corrected chi connectivity index (χ3v) is 3.95. The Balaban J connectivity index is 1.90. The van der Waals surface area contributed by atoms with Gasteiger partial charge in [0.15, 0.2) is 0 Å². The van der Waals surface area contributed by atoms with Gasteiger partial charge in [-0.25, -0.2) is 0 Å². The first-order valence-corrected chi connectivity index (χ1v) is 7.18. The lowest BCUT2D eigenvalue weighted by atomic mass is 9.95. The first-order valence-electron chi connectivity index (χ1n) is 7.18. The summed E-state index contributed by atoms with van der Waals surface area (Å²) in [5, 5.41) is 2.63. The van der Waals surface area contributed by atoms with E-state index in [0.29, 0.717) is 0 Å². The second-order valence-corrected chi connectivity index (χ2v) is 5.41. The fraction of sp³-hybridized carbons (Fsp3) is 0.100. The van der Waals surface area contributed by atoms with Crippen molar-refractivity contribution in [1.29, 1.82) is 0 Å². The molecule has 1 aliphatic rings. The fourth-order valence-electron chi connectivity index (χ4n) is 2.84. The van der Waals surface area contributed by atoms with Crippen LogP contribution in [0.4, 0.5) is 0 Å². The van der Waals surface area contributed by atoms with Gasteiger partial charge in [0.05, 0.1) is 0 Å². The molecule has 96 valence electrons. The standard InChI is InChI=1S/C20H16/c1-2-7-16(8-3-1)20(17-11-12-17)19-13-10-15-6-4-5-9-18(15)14-19/h1-10,13-14H,11-12H2. The fourth-order valence-corrected chi connectivity index (χ4v) is 2.84. The zero-order chi connectivity index (χ0) is 13.4. The molecule has 0 spiro atoms. The average molecular weight is 256 g/mol. The van der Waals surface area contributed by atoms with E-state index in [1.165, 1.54) is 40.3 Å². The van der Waals surface area contributed by atoms with Gasteiger partial charge in [-0.15, -0.1) is 0 Å². The maximum Gasteiger partial charge on any atom is -0.0119 e. The topological polar surface area (TPSA) is 0 Å². The Labute approximate surface area is 119 Å². The second-order valence-electron chi connectivity index (χ2n) is 5.41. The summed E-state index contributed by atoms with van der Waals surface area (Å²) in [6.45, 7) is 0. The molecule has 1 fully saturated rings. The van der Waals surface area contributed by atoms with Gasteiger partial charge < -0.3 is 0 Å². The molecule has 0 atom stereocenters. The van der Waals surface area contributed by atoms with Crippen LogP contribution in [0.25, 0.3) is 16.3 Å². The highest BCUT2D eigenvalue weighted by Gasteiger charge is 2.20. The molecule has 0 aliphatic heterocycles. The molecular weight excluding hydrogens is 240 g/mol. The van der Waals surface area contributed by atoms with Gasteiger partial charge in [0.2, 0.25) is 0 Å². The summed E-state index contributed by atoms with van der Waals surface area (Å²) in [6, 6.07) is 26.2. The molecule has 4 rings (SSSR count).